The molecule has 5 heteroatoms. The average molecular weight is 285 g/mol. The SMILES string of the molecule is C#Cc1cccc(Nc2ncnc3c2ccn3C)c1.Cl. The lowest BCUT2D eigenvalue weighted by atomic mass is 10.2. The Balaban J connectivity index is 0.00000147. The molecule has 4 nitrogen and oxygen atoms in total. The van der Waals surface area contributed by atoms with Crippen LogP contribution in [0.15, 0.2) is 42.9 Å². The van der Waals surface area contributed by atoms with Gasteiger partial charge in [0.05, 0.1) is 5.39 Å². The van der Waals surface area contributed by atoms with Gasteiger partial charge in [-0.15, -0.1) is 18.8 Å². The number of hydrogen-bond donors (Lipinski definition) is 1. The molecule has 0 aliphatic rings. The van der Waals surface area contributed by atoms with E-state index in [0.29, 0.717) is 0 Å². The molecule has 0 fully saturated rings. The van der Waals surface area contributed by atoms with Gasteiger partial charge in [-0.05, 0) is 24.3 Å². The van der Waals surface area contributed by atoms with E-state index in [1.54, 1.807) is 6.33 Å². The van der Waals surface area contributed by atoms with Crippen LogP contribution < -0.4 is 5.32 Å². The Morgan fingerprint density at radius 1 is 1.25 bits per heavy atom. The van der Waals surface area contributed by atoms with Gasteiger partial charge in [0.25, 0.3) is 0 Å². The highest BCUT2D eigenvalue weighted by Gasteiger charge is 2.06. The van der Waals surface area contributed by atoms with E-state index < -0.39 is 0 Å². The van der Waals surface area contributed by atoms with Crippen LogP contribution in [0.3, 0.4) is 0 Å². The number of halogens is 1. The Kier molecular flexibility index (Phi) is 3.92. The van der Waals surface area contributed by atoms with Crippen LogP contribution >= 0.6 is 12.4 Å². The fourth-order valence-electron chi connectivity index (χ4n) is 2.00. The van der Waals surface area contributed by atoms with E-state index in [0.717, 1.165) is 28.1 Å². The fourth-order valence-corrected chi connectivity index (χ4v) is 2.00. The number of benzene rings is 1. The highest BCUT2D eigenvalue weighted by atomic mass is 35.5. The number of aromatic nitrogens is 3. The molecule has 2 aromatic heterocycles. The topological polar surface area (TPSA) is 42.7 Å². The zero-order valence-electron chi connectivity index (χ0n) is 10.9. The molecule has 2 heterocycles. The summed E-state index contributed by atoms with van der Waals surface area (Å²) >= 11 is 0. The average Bonchev–Trinajstić information content (AvgIpc) is 2.82. The second-order valence-corrected chi connectivity index (χ2v) is 4.24. The maximum atomic E-state index is 5.40. The van der Waals surface area contributed by atoms with Crippen LogP contribution in [0.5, 0.6) is 0 Å². The number of rotatable bonds is 2. The standard InChI is InChI=1S/C15H12N4.ClH/c1-3-11-5-4-6-12(9-11)18-14-13-7-8-19(2)15(13)17-10-16-14;/h1,4-10H,2H3,(H,16,17,18);1H. The van der Waals surface area contributed by atoms with Gasteiger partial charge in [0, 0.05) is 24.5 Å². The molecule has 0 unspecified atom stereocenters. The van der Waals surface area contributed by atoms with Crippen LogP contribution in [0.1, 0.15) is 5.56 Å². The van der Waals surface area contributed by atoms with Crippen LogP contribution in [0.4, 0.5) is 11.5 Å². The normalized spacial score (nSPS) is 9.80. The molecule has 0 aliphatic heterocycles. The zero-order chi connectivity index (χ0) is 13.2. The van der Waals surface area contributed by atoms with E-state index in [9.17, 15) is 0 Å². The molecule has 0 aliphatic carbocycles. The lowest BCUT2D eigenvalue weighted by Crippen LogP contribution is -1.96. The van der Waals surface area contributed by atoms with E-state index in [1.807, 2.05) is 48.1 Å². The van der Waals surface area contributed by atoms with Crippen LogP contribution in [0, 0.1) is 12.3 Å². The summed E-state index contributed by atoms with van der Waals surface area (Å²) in [6.45, 7) is 0. The second-order valence-electron chi connectivity index (χ2n) is 4.24. The lowest BCUT2D eigenvalue weighted by Gasteiger charge is -2.07. The number of anilines is 2. The Bertz CT molecular complexity index is 786. The highest BCUT2D eigenvalue weighted by Crippen LogP contribution is 2.23. The number of terminal acetylenes is 1. The molecule has 0 amide bonds. The first-order valence-corrected chi connectivity index (χ1v) is 5.87. The predicted molar refractivity (Wildman–Crippen MR) is 83.4 cm³/mol. The third kappa shape index (κ3) is 2.44. The molecule has 100 valence electrons. The molecule has 0 spiro atoms. The summed E-state index contributed by atoms with van der Waals surface area (Å²) in [4.78, 5) is 8.54. The lowest BCUT2D eigenvalue weighted by molar-refractivity contribution is 0.944. The van der Waals surface area contributed by atoms with Crippen molar-refractivity contribution in [1.29, 1.82) is 0 Å². The molecular formula is C15H13ClN4. The van der Waals surface area contributed by atoms with Crippen molar-refractivity contribution < 1.29 is 0 Å². The summed E-state index contributed by atoms with van der Waals surface area (Å²) in [7, 11) is 1.96. The minimum Gasteiger partial charge on any atom is -0.340 e. The van der Waals surface area contributed by atoms with Gasteiger partial charge >= 0.3 is 0 Å². The Hall–Kier alpha value is -2.51. The monoisotopic (exact) mass is 284 g/mol. The minimum atomic E-state index is 0. The van der Waals surface area contributed by atoms with Gasteiger partial charge in [0.2, 0.25) is 0 Å². The summed E-state index contributed by atoms with van der Waals surface area (Å²) in [6, 6.07) is 9.67. The van der Waals surface area contributed by atoms with Gasteiger partial charge in [0.1, 0.15) is 17.8 Å². The third-order valence-electron chi connectivity index (χ3n) is 2.95. The van der Waals surface area contributed by atoms with Crippen LogP contribution in [0.25, 0.3) is 11.0 Å². The van der Waals surface area contributed by atoms with Gasteiger partial charge < -0.3 is 9.88 Å². The fraction of sp³-hybridized carbons (Fsp3) is 0.0667. The van der Waals surface area contributed by atoms with Crippen molar-refractivity contribution >= 4 is 34.9 Å². The van der Waals surface area contributed by atoms with Crippen molar-refractivity contribution in [1.82, 2.24) is 14.5 Å². The Morgan fingerprint density at radius 2 is 2.10 bits per heavy atom. The molecule has 1 N–H and O–H groups in total. The maximum absolute atomic E-state index is 5.40. The number of nitrogens with one attached hydrogen (secondary N) is 1. The van der Waals surface area contributed by atoms with Gasteiger partial charge in [-0.2, -0.15) is 0 Å². The molecule has 0 atom stereocenters. The molecule has 3 rings (SSSR count). The van der Waals surface area contributed by atoms with Crippen LogP contribution in [0.2, 0.25) is 0 Å². The number of hydrogen-bond acceptors (Lipinski definition) is 3. The zero-order valence-corrected chi connectivity index (χ0v) is 11.7. The van der Waals surface area contributed by atoms with E-state index in [2.05, 4.69) is 21.2 Å². The minimum absolute atomic E-state index is 0. The number of fused-ring (bicyclic) bond motifs is 1. The largest absolute Gasteiger partial charge is 0.340 e. The van der Waals surface area contributed by atoms with Crippen LogP contribution in [-0.2, 0) is 7.05 Å². The summed E-state index contributed by atoms with van der Waals surface area (Å²) in [5.74, 6) is 3.40. The van der Waals surface area contributed by atoms with E-state index >= 15 is 0 Å². The predicted octanol–water partition coefficient (Wildman–Crippen LogP) is 3.12. The van der Waals surface area contributed by atoms with Crippen molar-refractivity contribution in [3.8, 4) is 12.3 Å². The van der Waals surface area contributed by atoms with E-state index in [1.165, 1.54) is 0 Å². The van der Waals surface area contributed by atoms with Gasteiger partial charge in [-0.3, -0.25) is 0 Å². The highest BCUT2D eigenvalue weighted by molar-refractivity contribution is 5.89. The third-order valence-corrected chi connectivity index (χ3v) is 2.95. The molecule has 0 saturated heterocycles. The maximum Gasteiger partial charge on any atom is 0.145 e. The molecule has 1 aromatic carbocycles. The smallest absolute Gasteiger partial charge is 0.145 e. The van der Waals surface area contributed by atoms with Crippen molar-refractivity contribution in [3.63, 3.8) is 0 Å². The molecular weight excluding hydrogens is 272 g/mol. The molecule has 0 radical (unpaired) electrons. The first-order chi connectivity index (χ1) is 9.28. The first-order valence-electron chi connectivity index (χ1n) is 5.87. The molecule has 3 aromatic rings. The molecule has 0 bridgehead atoms. The van der Waals surface area contributed by atoms with Crippen molar-refractivity contribution in [2.75, 3.05) is 5.32 Å². The van der Waals surface area contributed by atoms with E-state index in [4.69, 9.17) is 6.42 Å². The quantitative estimate of drug-likeness (QED) is 0.735. The Morgan fingerprint density at radius 3 is 2.90 bits per heavy atom. The van der Waals surface area contributed by atoms with Crippen LogP contribution in [-0.4, -0.2) is 14.5 Å². The molecule has 20 heavy (non-hydrogen) atoms. The second kappa shape index (κ2) is 5.64. The summed E-state index contributed by atoms with van der Waals surface area (Å²) in [5.41, 5.74) is 2.65. The van der Waals surface area contributed by atoms with Gasteiger partial charge in [-0.25, -0.2) is 9.97 Å². The van der Waals surface area contributed by atoms with Crippen molar-refractivity contribution in [2.24, 2.45) is 7.05 Å². The van der Waals surface area contributed by atoms with Crippen molar-refractivity contribution in [3.05, 3.63) is 48.4 Å². The summed E-state index contributed by atoms with van der Waals surface area (Å²) < 4.78 is 1.96. The summed E-state index contributed by atoms with van der Waals surface area (Å²) in [6.07, 6.45) is 8.91. The summed E-state index contributed by atoms with van der Waals surface area (Å²) in [5, 5.41) is 4.26. The molecule has 0 saturated carbocycles. The van der Waals surface area contributed by atoms with Gasteiger partial charge in [-0.1, -0.05) is 12.0 Å². The van der Waals surface area contributed by atoms with Gasteiger partial charge in [0.15, 0.2) is 0 Å². The van der Waals surface area contributed by atoms with Crippen molar-refractivity contribution in [2.45, 2.75) is 0 Å². The number of aryl methyl sites for hydroxylation is 1. The Labute approximate surface area is 123 Å². The number of nitrogens with zero attached hydrogens (tertiary/aromatic N) is 3. The van der Waals surface area contributed by atoms with E-state index in [-0.39, 0.29) is 12.4 Å². The first kappa shape index (κ1) is 13.9.